The van der Waals surface area contributed by atoms with Gasteiger partial charge in [-0.2, -0.15) is 0 Å². The minimum atomic E-state index is -0.295. The normalized spacial score (nSPS) is 10.6. The number of aromatic nitrogens is 1. The van der Waals surface area contributed by atoms with E-state index in [-0.39, 0.29) is 11.4 Å². The van der Waals surface area contributed by atoms with Crippen molar-refractivity contribution >= 4 is 15.9 Å². The van der Waals surface area contributed by atoms with Gasteiger partial charge in [0.2, 0.25) is 0 Å². The molecular weight excluding hydrogens is 373 g/mol. The van der Waals surface area contributed by atoms with Crippen LogP contribution in [0.5, 0.6) is 5.75 Å². The Morgan fingerprint density at radius 1 is 0.958 bits per heavy atom. The van der Waals surface area contributed by atoms with Gasteiger partial charge in [-0.05, 0) is 45.3 Å². The van der Waals surface area contributed by atoms with Gasteiger partial charge in [-0.3, -0.25) is 4.79 Å². The number of halogens is 2. The molecule has 0 aliphatic carbocycles. The van der Waals surface area contributed by atoms with Gasteiger partial charge < -0.3 is 9.30 Å². The third kappa shape index (κ3) is 3.92. The maximum absolute atomic E-state index is 13.0. The minimum Gasteiger partial charge on any atom is -0.487 e. The highest BCUT2D eigenvalue weighted by Crippen LogP contribution is 2.21. The number of hydrogen-bond donors (Lipinski definition) is 0. The molecule has 0 atom stereocenters. The fraction of sp³-hybridized carbons (Fsp3) is 0.105. The fourth-order valence-electron chi connectivity index (χ4n) is 2.29. The summed E-state index contributed by atoms with van der Waals surface area (Å²) in [4.78, 5) is 12.4. The van der Waals surface area contributed by atoms with Gasteiger partial charge in [-0.25, -0.2) is 4.39 Å². The van der Waals surface area contributed by atoms with Crippen LogP contribution >= 0.6 is 15.9 Å². The van der Waals surface area contributed by atoms with E-state index in [0.29, 0.717) is 23.4 Å². The smallest absolute Gasteiger partial charge is 0.268 e. The standard InChI is InChI=1S/C19H15BrFNO2/c20-18-17(24-13-15-4-2-1-3-5-15)10-11-22(19(18)23)12-14-6-8-16(21)9-7-14/h1-11H,12-13H2. The van der Waals surface area contributed by atoms with Crippen LogP contribution in [0.1, 0.15) is 11.1 Å². The molecule has 122 valence electrons. The zero-order valence-electron chi connectivity index (χ0n) is 12.8. The summed E-state index contributed by atoms with van der Waals surface area (Å²) < 4.78 is 20.6. The van der Waals surface area contributed by atoms with Crippen molar-refractivity contribution in [2.45, 2.75) is 13.2 Å². The largest absolute Gasteiger partial charge is 0.487 e. The van der Waals surface area contributed by atoms with Crippen molar-refractivity contribution in [2.24, 2.45) is 0 Å². The maximum atomic E-state index is 13.0. The Kier molecular flexibility index (Phi) is 5.11. The third-order valence-electron chi connectivity index (χ3n) is 3.57. The number of pyridine rings is 1. The van der Waals surface area contributed by atoms with Crippen LogP contribution in [0.2, 0.25) is 0 Å². The van der Waals surface area contributed by atoms with Crippen LogP contribution in [0.3, 0.4) is 0 Å². The van der Waals surface area contributed by atoms with Gasteiger partial charge in [0.25, 0.3) is 5.56 Å². The van der Waals surface area contributed by atoms with E-state index in [1.807, 2.05) is 30.3 Å². The molecule has 0 spiro atoms. The molecule has 0 saturated heterocycles. The molecule has 0 aliphatic heterocycles. The molecule has 0 radical (unpaired) electrons. The summed E-state index contributed by atoms with van der Waals surface area (Å²) in [6.07, 6.45) is 1.68. The summed E-state index contributed by atoms with van der Waals surface area (Å²) in [6, 6.07) is 17.6. The second kappa shape index (κ2) is 7.45. The first-order valence-electron chi connectivity index (χ1n) is 7.43. The summed E-state index contributed by atoms with van der Waals surface area (Å²) in [5, 5.41) is 0. The van der Waals surface area contributed by atoms with Crippen LogP contribution in [0.4, 0.5) is 4.39 Å². The molecule has 0 bridgehead atoms. The summed E-state index contributed by atoms with van der Waals surface area (Å²) in [5.41, 5.74) is 1.69. The molecule has 0 unspecified atom stereocenters. The average Bonchev–Trinajstić information content (AvgIpc) is 2.61. The van der Waals surface area contributed by atoms with E-state index >= 15 is 0 Å². The molecule has 3 rings (SSSR count). The number of ether oxygens (including phenoxy) is 1. The molecule has 3 aromatic rings. The lowest BCUT2D eigenvalue weighted by atomic mass is 10.2. The van der Waals surface area contributed by atoms with Crippen LogP contribution in [0.25, 0.3) is 0 Å². The predicted molar refractivity (Wildman–Crippen MR) is 94.7 cm³/mol. The molecule has 0 N–H and O–H groups in total. The zero-order valence-corrected chi connectivity index (χ0v) is 14.4. The Morgan fingerprint density at radius 3 is 2.38 bits per heavy atom. The predicted octanol–water partition coefficient (Wildman–Crippen LogP) is 4.38. The first-order chi connectivity index (χ1) is 11.6. The van der Waals surface area contributed by atoms with Gasteiger partial charge >= 0.3 is 0 Å². The van der Waals surface area contributed by atoms with Crippen LogP contribution in [-0.2, 0) is 13.2 Å². The summed E-state index contributed by atoms with van der Waals surface area (Å²) >= 11 is 3.31. The van der Waals surface area contributed by atoms with E-state index < -0.39 is 0 Å². The Bertz CT molecular complexity index is 876. The van der Waals surface area contributed by atoms with E-state index in [4.69, 9.17) is 4.74 Å². The second-order valence-corrected chi connectivity index (χ2v) is 6.12. The van der Waals surface area contributed by atoms with Gasteiger partial charge in [-0.15, -0.1) is 0 Å². The highest BCUT2D eigenvalue weighted by Gasteiger charge is 2.09. The maximum Gasteiger partial charge on any atom is 0.268 e. The summed E-state index contributed by atoms with van der Waals surface area (Å²) in [7, 11) is 0. The van der Waals surface area contributed by atoms with Crippen molar-refractivity contribution in [3.8, 4) is 5.75 Å². The van der Waals surface area contributed by atoms with Crippen molar-refractivity contribution in [3.63, 3.8) is 0 Å². The van der Waals surface area contributed by atoms with E-state index in [0.717, 1.165) is 11.1 Å². The fourth-order valence-corrected chi connectivity index (χ4v) is 2.76. The topological polar surface area (TPSA) is 31.2 Å². The molecule has 0 aliphatic rings. The molecule has 0 fully saturated rings. The molecule has 24 heavy (non-hydrogen) atoms. The summed E-state index contributed by atoms with van der Waals surface area (Å²) in [6.45, 7) is 0.761. The van der Waals surface area contributed by atoms with Crippen LogP contribution < -0.4 is 10.3 Å². The number of hydrogen-bond acceptors (Lipinski definition) is 2. The highest BCUT2D eigenvalue weighted by molar-refractivity contribution is 9.10. The van der Waals surface area contributed by atoms with E-state index in [1.54, 1.807) is 29.0 Å². The zero-order chi connectivity index (χ0) is 16.9. The second-order valence-electron chi connectivity index (χ2n) is 5.33. The van der Waals surface area contributed by atoms with Crippen molar-refractivity contribution in [1.82, 2.24) is 4.57 Å². The number of benzene rings is 2. The molecule has 2 aromatic carbocycles. The Hall–Kier alpha value is -2.40. The monoisotopic (exact) mass is 387 g/mol. The van der Waals surface area contributed by atoms with Crippen LogP contribution in [0.15, 0.2) is 76.1 Å². The van der Waals surface area contributed by atoms with Gasteiger partial charge in [-0.1, -0.05) is 42.5 Å². The van der Waals surface area contributed by atoms with E-state index in [2.05, 4.69) is 15.9 Å². The lowest BCUT2D eigenvalue weighted by Gasteiger charge is -2.11. The Balaban J connectivity index is 1.76. The number of rotatable bonds is 5. The molecule has 5 heteroatoms. The molecule has 0 saturated carbocycles. The van der Waals surface area contributed by atoms with Crippen molar-refractivity contribution in [1.29, 1.82) is 0 Å². The SMILES string of the molecule is O=c1c(Br)c(OCc2ccccc2)ccn1Cc1ccc(F)cc1. The van der Waals surface area contributed by atoms with E-state index in [9.17, 15) is 9.18 Å². The first kappa shape index (κ1) is 16.5. The van der Waals surface area contributed by atoms with Gasteiger partial charge in [0.05, 0.1) is 6.54 Å². The van der Waals surface area contributed by atoms with Gasteiger partial charge in [0.15, 0.2) is 0 Å². The van der Waals surface area contributed by atoms with Crippen molar-refractivity contribution in [2.75, 3.05) is 0 Å². The van der Waals surface area contributed by atoms with Gasteiger partial charge in [0.1, 0.15) is 22.6 Å². The molecule has 1 heterocycles. The molecule has 1 aromatic heterocycles. The molecule has 0 amide bonds. The first-order valence-corrected chi connectivity index (χ1v) is 8.23. The molecule has 3 nitrogen and oxygen atoms in total. The third-order valence-corrected chi connectivity index (χ3v) is 4.30. The number of nitrogens with zero attached hydrogens (tertiary/aromatic N) is 1. The average molecular weight is 388 g/mol. The van der Waals surface area contributed by atoms with Crippen molar-refractivity contribution < 1.29 is 9.13 Å². The van der Waals surface area contributed by atoms with Gasteiger partial charge in [0, 0.05) is 6.20 Å². The summed E-state index contributed by atoms with van der Waals surface area (Å²) in [5.74, 6) is 0.205. The van der Waals surface area contributed by atoms with Crippen LogP contribution in [0, 0.1) is 5.82 Å². The van der Waals surface area contributed by atoms with E-state index in [1.165, 1.54) is 12.1 Å². The lowest BCUT2D eigenvalue weighted by Crippen LogP contribution is -2.21. The molecular formula is C19H15BrFNO2. The Labute approximate surface area is 147 Å². The quantitative estimate of drug-likeness (QED) is 0.650. The van der Waals surface area contributed by atoms with Crippen LogP contribution in [-0.4, -0.2) is 4.57 Å². The minimum absolute atomic E-state index is 0.190. The highest BCUT2D eigenvalue weighted by atomic mass is 79.9. The Morgan fingerprint density at radius 2 is 1.67 bits per heavy atom. The lowest BCUT2D eigenvalue weighted by molar-refractivity contribution is 0.302. The van der Waals surface area contributed by atoms with Crippen molar-refractivity contribution in [3.05, 3.63) is 98.6 Å².